The van der Waals surface area contributed by atoms with Gasteiger partial charge in [0.05, 0.1) is 4.47 Å². The van der Waals surface area contributed by atoms with Gasteiger partial charge >= 0.3 is 0 Å². The minimum Gasteiger partial charge on any atom is -0.294 e. The molecule has 0 aliphatic carbocycles. The van der Waals surface area contributed by atoms with E-state index in [1.807, 2.05) is 20.8 Å². The normalized spacial score (nSPS) is 11.5. The Bertz CT molecular complexity index is 366. The van der Waals surface area contributed by atoms with Crippen LogP contribution in [-0.2, 0) is 0 Å². The SMILES string of the molecule is CC(C)(C)C(=O)c1ccc(F)c(Br)c1. The Labute approximate surface area is 91.5 Å². The molecule has 0 bridgehead atoms. The average Bonchev–Trinajstić information content (AvgIpc) is 2.07. The zero-order chi connectivity index (χ0) is 10.9. The molecule has 3 heteroatoms. The molecule has 0 saturated carbocycles. The predicted molar refractivity (Wildman–Crippen MR) is 57.9 cm³/mol. The van der Waals surface area contributed by atoms with Crippen molar-refractivity contribution in [1.29, 1.82) is 0 Å². The first kappa shape index (κ1) is 11.4. The summed E-state index contributed by atoms with van der Waals surface area (Å²) in [6.45, 7) is 5.52. The monoisotopic (exact) mass is 258 g/mol. The second kappa shape index (κ2) is 3.81. The summed E-state index contributed by atoms with van der Waals surface area (Å²) >= 11 is 3.05. The zero-order valence-corrected chi connectivity index (χ0v) is 9.98. The van der Waals surface area contributed by atoms with Crippen molar-refractivity contribution >= 4 is 21.7 Å². The molecule has 1 nitrogen and oxygen atoms in total. The largest absolute Gasteiger partial charge is 0.294 e. The second-order valence-electron chi connectivity index (χ2n) is 4.21. The minimum atomic E-state index is -0.433. The predicted octanol–water partition coefficient (Wildman–Crippen LogP) is 3.82. The summed E-state index contributed by atoms with van der Waals surface area (Å²) in [5.74, 6) is -0.339. The van der Waals surface area contributed by atoms with Crippen LogP contribution in [0.25, 0.3) is 0 Å². The second-order valence-corrected chi connectivity index (χ2v) is 5.06. The van der Waals surface area contributed by atoms with E-state index in [0.717, 1.165) is 0 Å². The first-order valence-electron chi connectivity index (χ1n) is 4.32. The first-order chi connectivity index (χ1) is 6.32. The Morgan fingerprint density at radius 1 is 1.36 bits per heavy atom. The van der Waals surface area contributed by atoms with E-state index in [2.05, 4.69) is 15.9 Å². The van der Waals surface area contributed by atoms with Gasteiger partial charge in [-0.15, -0.1) is 0 Å². The molecule has 0 atom stereocenters. The summed E-state index contributed by atoms with van der Waals surface area (Å²) in [7, 11) is 0. The molecule has 0 fully saturated rings. The van der Waals surface area contributed by atoms with Gasteiger partial charge in [0.15, 0.2) is 5.78 Å². The number of Topliss-reactive ketones (excluding diaryl/α,β-unsaturated/α-hetero) is 1. The number of ketones is 1. The fourth-order valence-corrected chi connectivity index (χ4v) is 1.45. The Balaban J connectivity index is 3.10. The lowest BCUT2D eigenvalue weighted by atomic mass is 9.86. The molecule has 1 aromatic rings. The highest BCUT2D eigenvalue weighted by Crippen LogP contribution is 2.24. The van der Waals surface area contributed by atoms with E-state index in [0.29, 0.717) is 10.0 Å². The van der Waals surface area contributed by atoms with E-state index >= 15 is 0 Å². The first-order valence-corrected chi connectivity index (χ1v) is 5.11. The van der Waals surface area contributed by atoms with Crippen LogP contribution < -0.4 is 0 Å². The summed E-state index contributed by atoms with van der Waals surface area (Å²) in [5.41, 5.74) is 0.0999. The zero-order valence-electron chi connectivity index (χ0n) is 8.40. The minimum absolute atomic E-state index is 0.0122. The van der Waals surface area contributed by atoms with Crippen LogP contribution in [0.3, 0.4) is 0 Å². The Kier molecular flexibility index (Phi) is 3.10. The molecule has 0 aromatic heterocycles. The van der Waals surface area contributed by atoms with E-state index < -0.39 is 5.41 Å². The lowest BCUT2D eigenvalue weighted by Crippen LogP contribution is -2.20. The maximum atomic E-state index is 12.9. The van der Waals surface area contributed by atoms with Gasteiger partial charge in [-0.05, 0) is 34.1 Å². The molecule has 0 radical (unpaired) electrons. The van der Waals surface area contributed by atoms with E-state index in [1.165, 1.54) is 18.2 Å². The van der Waals surface area contributed by atoms with E-state index in [1.54, 1.807) is 0 Å². The van der Waals surface area contributed by atoms with Crippen LogP contribution in [0.4, 0.5) is 4.39 Å². The number of carbonyl (C=O) groups excluding carboxylic acids is 1. The molecule has 0 saturated heterocycles. The molecule has 0 heterocycles. The number of hydrogen-bond acceptors (Lipinski definition) is 1. The fourth-order valence-electron chi connectivity index (χ4n) is 1.07. The van der Waals surface area contributed by atoms with Gasteiger partial charge in [-0.3, -0.25) is 4.79 Å². The van der Waals surface area contributed by atoms with E-state index in [4.69, 9.17) is 0 Å². The number of benzene rings is 1. The number of carbonyl (C=O) groups is 1. The summed E-state index contributed by atoms with van der Waals surface area (Å²) in [5, 5.41) is 0. The summed E-state index contributed by atoms with van der Waals surface area (Å²) < 4.78 is 13.2. The molecule has 0 aliphatic heterocycles. The summed E-state index contributed by atoms with van der Waals surface area (Å²) in [6, 6.07) is 4.32. The molecule has 1 rings (SSSR count). The van der Waals surface area contributed by atoms with Gasteiger partial charge < -0.3 is 0 Å². The maximum absolute atomic E-state index is 12.9. The van der Waals surface area contributed by atoms with Crippen LogP contribution in [0, 0.1) is 11.2 Å². The Hall–Kier alpha value is -0.700. The third kappa shape index (κ3) is 2.41. The lowest BCUT2D eigenvalue weighted by molar-refractivity contribution is 0.0858. The van der Waals surface area contributed by atoms with Crippen molar-refractivity contribution in [3.63, 3.8) is 0 Å². The van der Waals surface area contributed by atoms with Gasteiger partial charge in [0.1, 0.15) is 5.82 Å². The van der Waals surface area contributed by atoms with Gasteiger partial charge in [0, 0.05) is 11.0 Å². The van der Waals surface area contributed by atoms with Crippen molar-refractivity contribution in [1.82, 2.24) is 0 Å². The number of halogens is 2. The van der Waals surface area contributed by atoms with E-state index in [9.17, 15) is 9.18 Å². The molecule has 76 valence electrons. The van der Waals surface area contributed by atoms with Crippen LogP contribution in [0.2, 0.25) is 0 Å². The van der Waals surface area contributed by atoms with Crippen molar-refractivity contribution in [2.45, 2.75) is 20.8 Å². The molecule has 0 amide bonds. The van der Waals surface area contributed by atoms with Crippen molar-refractivity contribution < 1.29 is 9.18 Å². The number of hydrogen-bond donors (Lipinski definition) is 0. The van der Waals surface area contributed by atoms with Crippen molar-refractivity contribution in [3.05, 3.63) is 34.1 Å². The smallest absolute Gasteiger partial charge is 0.168 e. The molecule has 0 spiro atoms. The molecular weight excluding hydrogens is 247 g/mol. The van der Waals surface area contributed by atoms with Gasteiger partial charge in [0.2, 0.25) is 0 Å². The van der Waals surface area contributed by atoms with Crippen LogP contribution in [0.1, 0.15) is 31.1 Å². The molecule has 1 aromatic carbocycles. The summed E-state index contributed by atoms with van der Waals surface area (Å²) in [4.78, 5) is 11.8. The third-order valence-corrected chi connectivity index (χ3v) is 2.47. The van der Waals surface area contributed by atoms with Crippen LogP contribution in [0.15, 0.2) is 22.7 Å². The summed E-state index contributed by atoms with van der Waals surface area (Å²) in [6.07, 6.45) is 0. The standard InChI is InChI=1S/C11H12BrFO/c1-11(2,3)10(14)7-4-5-9(13)8(12)6-7/h4-6H,1-3H3. The molecule has 0 aliphatic rings. The quantitative estimate of drug-likeness (QED) is 0.701. The van der Waals surface area contributed by atoms with Gasteiger partial charge in [0.25, 0.3) is 0 Å². The topological polar surface area (TPSA) is 17.1 Å². The van der Waals surface area contributed by atoms with Gasteiger partial charge in [-0.25, -0.2) is 4.39 Å². The molecule has 14 heavy (non-hydrogen) atoms. The average molecular weight is 259 g/mol. The van der Waals surface area contributed by atoms with Crippen molar-refractivity contribution in [3.8, 4) is 0 Å². The van der Waals surface area contributed by atoms with Gasteiger partial charge in [-0.1, -0.05) is 20.8 Å². The lowest BCUT2D eigenvalue weighted by Gasteiger charge is -2.16. The molecule has 0 unspecified atom stereocenters. The fraction of sp³-hybridized carbons (Fsp3) is 0.364. The highest BCUT2D eigenvalue weighted by atomic mass is 79.9. The highest BCUT2D eigenvalue weighted by Gasteiger charge is 2.23. The van der Waals surface area contributed by atoms with Crippen LogP contribution >= 0.6 is 15.9 Å². The molecular formula is C11H12BrFO. The Morgan fingerprint density at radius 3 is 2.36 bits per heavy atom. The van der Waals surface area contributed by atoms with Crippen LogP contribution in [0.5, 0.6) is 0 Å². The van der Waals surface area contributed by atoms with Crippen molar-refractivity contribution in [2.75, 3.05) is 0 Å². The van der Waals surface area contributed by atoms with E-state index in [-0.39, 0.29) is 11.6 Å². The molecule has 0 N–H and O–H groups in total. The van der Waals surface area contributed by atoms with Crippen LogP contribution in [-0.4, -0.2) is 5.78 Å². The van der Waals surface area contributed by atoms with Crippen molar-refractivity contribution in [2.24, 2.45) is 5.41 Å². The number of rotatable bonds is 1. The Morgan fingerprint density at radius 2 is 1.93 bits per heavy atom. The maximum Gasteiger partial charge on any atom is 0.168 e. The highest BCUT2D eigenvalue weighted by molar-refractivity contribution is 9.10. The third-order valence-electron chi connectivity index (χ3n) is 1.86. The van der Waals surface area contributed by atoms with Gasteiger partial charge in [-0.2, -0.15) is 0 Å².